The molecule has 0 saturated carbocycles. The van der Waals surface area contributed by atoms with Crippen molar-refractivity contribution >= 4 is 22.7 Å². The van der Waals surface area contributed by atoms with Gasteiger partial charge in [-0.3, -0.25) is 0 Å². The third kappa shape index (κ3) is 2.24. The Labute approximate surface area is 105 Å². The van der Waals surface area contributed by atoms with Crippen molar-refractivity contribution in [3.05, 3.63) is 36.4 Å². The molecule has 0 aliphatic carbocycles. The van der Waals surface area contributed by atoms with Gasteiger partial charge in [0.1, 0.15) is 5.69 Å². The Hall–Kier alpha value is -2.56. The molecular formula is C13H15N5. The highest BCUT2D eigenvalue weighted by molar-refractivity contribution is 5.78. The summed E-state index contributed by atoms with van der Waals surface area (Å²) in [5.41, 5.74) is 21.7. The standard InChI is InChI=1S/C13H15N5/c1-17-18-13-5-3-9(7-12(13)16)8-2-4-10(14)11(15)6-8/h2-7H,14-16H2,1H3. The molecule has 2 aromatic rings. The zero-order chi connectivity index (χ0) is 13.1. The molecule has 5 nitrogen and oxygen atoms in total. The van der Waals surface area contributed by atoms with E-state index in [0.29, 0.717) is 22.7 Å². The maximum atomic E-state index is 5.90. The normalized spacial score (nSPS) is 10.9. The Morgan fingerprint density at radius 2 is 1.39 bits per heavy atom. The molecule has 18 heavy (non-hydrogen) atoms. The molecule has 2 rings (SSSR count). The summed E-state index contributed by atoms with van der Waals surface area (Å²) in [7, 11) is 1.61. The number of rotatable bonds is 2. The zero-order valence-electron chi connectivity index (χ0n) is 10.1. The predicted octanol–water partition coefficient (Wildman–Crippen LogP) is 2.81. The molecular weight excluding hydrogens is 226 g/mol. The van der Waals surface area contributed by atoms with E-state index in [1.54, 1.807) is 13.1 Å². The molecule has 0 unspecified atom stereocenters. The summed E-state index contributed by atoms with van der Waals surface area (Å²) in [4.78, 5) is 0. The molecule has 0 spiro atoms. The molecule has 0 aliphatic heterocycles. The molecule has 2 aromatic carbocycles. The van der Waals surface area contributed by atoms with Gasteiger partial charge in [0.15, 0.2) is 0 Å². The molecule has 5 heteroatoms. The Morgan fingerprint density at radius 1 is 0.778 bits per heavy atom. The highest BCUT2D eigenvalue weighted by Gasteiger charge is 2.04. The van der Waals surface area contributed by atoms with E-state index in [1.165, 1.54) is 0 Å². The average Bonchev–Trinajstić information content (AvgIpc) is 2.35. The van der Waals surface area contributed by atoms with E-state index in [0.717, 1.165) is 11.1 Å². The maximum Gasteiger partial charge on any atom is 0.108 e. The summed E-state index contributed by atoms with van der Waals surface area (Å²) < 4.78 is 0. The lowest BCUT2D eigenvalue weighted by atomic mass is 10.0. The van der Waals surface area contributed by atoms with Crippen LogP contribution in [0.2, 0.25) is 0 Å². The Bertz CT molecular complexity index is 604. The van der Waals surface area contributed by atoms with Gasteiger partial charge in [0, 0.05) is 7.05 Å². The third-order valence-corrected chi connectivity index (χ3v) is 2.66. The fourth-order valence-corrected chi connectivity index (χ4v) is 1.69. The second-order valence-corrected chi connectivity index (χ2v) is 3.92. The average molecular weight is 241 g/mol. The summed E-state index contributed by atoms with van der Waals surface area (Å²) in [5, 5.41) is 7.63. The van der Waals surface area contributed by atoms with Gasteiger partial charge < -0.3 is 17.2 Å². The van der Waals surface area contributed by atoms with E-state index in [-0.39, 0.29) is 0 Å². The Morgan fingerprint density at radius 3 is 1.94 bits per heavy atom. The predicted molar refractivity (Wildman–Crippen MR) is 75.6 cm³/mol. The van der Waals surface area contributed by atoms with Crippen LogP contribution in [0.3, 0.4) is 0 Å². The van der Waals surface area contributed by atoms with E-state index < -0.39 is 0 Å². The van der Waals surface area contributed by atoms with Crippen LogP contribution in [0, 0.1) is 0 Å². The topological polar surface area (TPSA) is 103 Å². The number of nitrogens with zero attached hydrogens (tertiary/aromatic N) is 2. The van der Waals surface area contributed by atoms with Crippen LogP contribution in [-0.2, 0) is 0 Å². The molecule has 0 bridgehead atoms. The van der Waals surface area contributed by atoms with E-state index in [1.807, 2.05) is 30.3 Å². The van der Waals surface area contributed by atoms with Crippen molar-refractivity contribution in [2.45, 2.75) is 0 Å². The lowest BCUT2D eigenvalue weighted by molar-refractivity contribution is 1.17. The summed E-state index contributed by atoms with van der Waals surface area (Å²) >= 11 is 0. The van der Waals surface area contributed by atoms with Crippen molar-refractivity contribution in [3.63, 3.8) is 0 Å². The molecule has 0 aromatic heterocycles. The highest BCUT2D eigenvalue weighted by Crippen LogP contribution is 2.30. The quantitative estimate of drug-likeness (QED) is 0.556. The number of nitrogens with two attached hydrogens (primary N) is 3. The number of hydrogen-bond acceptors (Lipinski definition) is 5. The SMILES string of the molecule is CN=Nc1ccc(-c2ccc(N)c(N)c2)cc1N. The zero-order valence-corrected chi connectivity index (χ0v) is 10.1. The van der Waals surface area contributed by atoms with Crippen LogP contribution in [0.1, 0.15) is 0 Å². The van der Waals surface area contributed by atoms with E-state index in [4.69, 9.17) is 17.2 Å². The van der Waals surface area contributed by atoms with Gasteiger partial charge in [-0.25, -0.2) is 0 Å². The van der Waals surface area contributed by atoms with Gasteiger partial charge >= 0.3 is 0 Å². The number of nitrogen functional groups attached to an aromatic ring is 3. The van der Waals surface area contributed by atoms with Gasteiger partial charge in [-0.2, -0.15) is 10.2 Å². The van der Waals surface area contributed by atoms with Crippen molar-refractivity contribution in [1.29, 1.82) is 0 Å². The van der Waals surface area contributed by atoms with Crippen LogP contribution in [0.15, 0.2) is 46.6 Å². The first-order chi connectivity index (χ1) is 8.61. The minimum Gasteiger partial charge on any atom is -0.397 e. The molecule has 0 atom stereocenters. The van der Waals surface area contributed by atoms with Crippen molar-refractivity contribution in [3.8, 4) is 11.1 Å². The summed E-state index contributed by atoms with van der Waals surface area (Å²) in [6.45, 7) is 0. The van der Waals surface area contributed by atoms with Gasteiger partial charge in [0.05, 0.1) is 17.1 Å². The van der Waals surface area contributed by atoms with Gasteiger partial charge in [0.25, 0.3) is 0 Å². The second kappa shape index (κ2) is 4.75. The Kier molecular flexibility index (Phi) is 3.14. The van der Waals surface area contributed by atoms with Crippen LogP contribution in [0.4, 0.5) is 22.7 Å². The van der Waals surface area contributed by atoms with Crippen LogP contribution in [0.25, 0.3) is 11.1 Å². The monoisotopic (exact) mass is 241 g/mol. The Balaban J connectivity index is 2.45. The second-order valence-electron chi connectivity index (χ2n) is 3.92. The molecule has 6 N–H and O–H groups in total. The van der Waals surface area contributed by atoms with Gasteiger partial charge in [-0.1, -0.05) is 12.1 Å². The molecule has 92 valence electrons. The van der Waals surface area contributed by atoms with E-state index in [2.05, 4.69) is 10.2 Å². The van der Waals surface area contributed by atoms with Crippen LogP contribution >= 0.6 is 0 Å². The lowest BCUT2D eigenvalue weighted by Gasteiger charge is -2.07. The third-order valence-electron chi connectivity index (χ3n) is 2.66. The van der Waals surface area contributed by atoms with Crippen molar-refractivity contribution < 1.29 is 0 Å². The van der Waals surface area contributed by atoms with Crippen molar-refractivity contribution in [2.75, 3.05) is 24.2 Å². The minimum atomic E-state index is 0.559. The molecule has 0 heterocycles. The number of benzene rings is 2. The smallest absolute Gasteiger partial charge is 0.108 e. The van der Waals surface area contributed by atoms with Gasteiger partial charge in [0.2, 0.25) is 0 Å². The molecule has 0 aliphatic rings. The first-order valence-corrected chi connectivity index (χ1v) is 5.46. The summed E-state index contributed by atoms with van der Waals surface area (Å²) in [6, 6.07) is 11.1. The van der Waals surface area contributed by atoms with Crippen LogP contribution in [-0.4, -0.2) is 7.05 Å². The molecule has 0 radical (unpaired) electrons. The van der Waals surface area contributed by atoms with Crippen LogP contribution < -0.4 is 17.2 Å². The van der Waals surface area contributed by atoms with Gasteiger partial charge in [-0.05, 0) is 35.4 Å². The molecule has 0 amide bonds. The number of azo groups is 1. The van der Waals surface area contributed by atoms with Crippen molar-refractivity contribution in [1.82, 2.24) is 0 Å². The lowest BCUT2D eigenvalue weighted by Crippen LogP contribution is -1.94. The number of anilines is 3. The highest BCUT2D eigenvalue weighted by atomic mass is 15.1. The molecule has 0 fully saturated rings. The first-order valence-electron chi connectivity index (χ1n) is 5.46. The maximum absolute atomic E-state index is 5.90. The molecule has 0 saturated heterocycles. The van der Waals surface area contributed by atoms with E-state index in [9.17, 15) is 0 Å². The number of hydrogen-bond donors (Lipinski definition) is 3. The van der Waals surface area contributed by atoms with Crippen LogP contribution in [0.5, 0.6) is 0 Å². The summed E-state index contributed by atoms with van der Waals surface area (Å²) in [5.74, 6) is 0. The minimum absolute atomic E-state index is 0.559. The first kappa shape index (κ1) is 11.9. The van der Waals surface area contributed by atoms with E-state index >= 15 is 0 Å². The van der Waals surface area contributed by atoms with Crippen molar-refractivity contribution in [2.24, 2.45) is 10.2 Å². The summed E-state index contributed by atoms with van der Waals surface area (Å²) in [6.07, 6.45) is 0. The fraction of sp³-hybridized carbons (Fsp3) is 0.0769. The fourth-order valence-electron chi connectivity index (χ4n) is 1.69. The largest absolute Gasteiger partial charge is 0.397 e. The van der Waals surface area contributed by atoms with Gasteiger partial charge in [-0.15, -0.1) is 0 Å².